The molecule has 1 heterocycles. The lowest BCUT2D eigenvalue weighted by molar-refractivity contribution is -0.164. The molecule has 2 amide bonds. The van der Waals surface area contributed by atoms with E-state index in [1.165, 1.54) is 0 Å². The zero-order valence-corrected chi connectivity index (χ0v) is 18.6. The number of nitrogens with one attached hydrogen (secondary N) is 1. The molecule has 164 valence electrons. The van der Waals surface area contributed by atoms with Crippen LogP contribution in [0.3, 0.4) is 0 Å². The van der Waals surface area contributed by atoms with Gasteiger partial charge in [0.15, 0.2) is 22.8 Å². The van der Waals surface area contributed by atoms with Gasteiger partial charge in [0.2, 0.25) is 11.3 Å². The third-order valence-electron chi connectivity index (χ3n) is 4.57. The summed E-state index contributed by atoms with van der Waals surface area (Å²) < 4.78 is 22.5. The van der Waals surface area contributed by atoms with Crippen LogP contribution in [0.25, 0.3) is 0 Å². The summed E-state index contributed by atoms with van der Waals surface area (Å²) in [7, 11) is 5.31. The molecule has 0 saturated carbocycles. The number of rotatable bonds is 10. The standard InChI is InChI=1S/C20H25ClN2O6S/c1-5-6-15(24)22-16-18(25)23(19(16)30(21)27)17(12(2)3)20(26)29-11-13-7-9-14(28-4)10-8-13/h7-10,16-17,19H,2,5-6,11H2,1,3-4H3,(H,22,24). The lowest BCUT2D eigenvalue weighted by Gasteiger charge is -2.47. The number of nitrogens with zero attached hydrogens (tertiary/aromatic N) is 1. The van der Waals surface area contributed by atoms with Gasteiger partial charge >= 0.3 is 5.97 Å². The summed E-state index contributed by atoms with van der Waals surface area (Å²) in [4.78, 5) is 38.3. The van der Waals surface area contributed by atoms with E-state index in [1.807, 2.05) is 6.92 Å². The average Bonchev–Trinajstić information content (AvgIpc) is 2.70. The number of benzene rings is 1. The molecular formula is C20H25ClN2O6S. The molecule has 4 atom stereocenters. The van der Waals surface area contributed by atoms with Gasteiger partial charge in [-0.25, -0.2) is 4.79 Å². The van der Waals surface area contributed by atoms with Crippen LogP contribution in [0.2, 0.25) is 0 Å². The molecule has 0 aromatic heterocycles. The van der Waals surface area contributed by atoms with E-state index < -0.39 is 39.7 Å². The maximum Gasteiger partial charge on any atom is 0.333 e. The Bertz CT molecular complexity index is 801. The molecule has 8 nitrogen and oxygen atoms in total. The number of ether oxygens (including phenoxy) is 2. The second-order valence-electron chi connectivity index (χ2n) is 6.88. The smallest absolute Gasteiger partial charge is 0.333 e. The number of methoxy groups -OCH3 is 1. The third-order valence-corrected chi connectivity index (χ3v) is 6.00. The summed E-state index contributed by atoms with van der Waals surface area (Å²) in [5, 5.41) is 1.47. The van der Waals surface area contributed by atoms with Crippen molar-refractivity contribution < 1.29 is 28.4 Å². The monoisotopic (exact) mass is 456 g/mol. The molecule has 1 aliphatic rings. The maximum absolute atomic E-state index is 12.7. The van der Waals surface area contributed by atoms with E-state index in [4.69, 9.17) is 20.2 Å². The van der Waals surface area contributed by atoms with Crippen LogP contribution in [0, 0.1) is 0 Å². The van der Waals surface area contributed by atoms with Gasteiger partial charge in [-0.15, -0.1) is 0 Å². The van der Waals surface area contributed by atoms with Crippen LogP contribution in [0.5, 0.6) is 5.75 Å². The number of carbonyl (C=O) groups is 3. The molecule has 4 unspecified atom stereocenters. The summed E-state index contributed by atoms with van der Waals surface area (Å²) in [5.74, 6) is -0.971. The van der Waals surface area contributed by atoms with Crippen LogP contribution >= 0.6 is 10.7 Å². The van der Waals surface area contributed by atoms with Gasteiger partial charge in [0.1, 0.15) is 12.4 Å². The van der Waals surface area contributed by atoms with E-state index in [-0.39, 0.29) is 18.9 Å². The van der Waals surface area contributed by atoms with Gasteiger partial charge in [-0.05, 0) is 36.6 Å². The topological polar surface area (TPSA) is 108 Å². The number of likely N-dealkylation sites (tertiary alicyclic amines) is 1. The van der Waals surface area contributed by atoms with Crippen molar-refractivity contribution in [2.24, 2.45) is 0 Å². The second-order valence-corrected chi connectivity index (χ2v) is 8.78. The van der Waals surface area contributed by atoms with Crippen LogP contribution < -0.4 is 10.1 Å². The maximum atomic E-state index is 12.7. The highest BCUT2D eigenvalue weighted by Crippen LogP contribution is 2.32. The van der Waals surface area contributed by atoms with Crippen LogP contribution in [-0.4, -0.2) is 51.8 Å². The molecule has 0 aliphatic carbocycles. The lowest BCUT2D eigenvalue weighted by atomic mass is 9.99. The Morgan fingerprint density at radius 1 is 1.37 bits per heavy atom. The van der Waals surface area contributed by atoms with Gasteiger partial charge in [-0.1, -0.05) is 25.6 Å². The summed E-state index contributed by atoms with van der Waals surface area (Å²) >= 11 is 0. The van der Waals surface area contributed by atoms with Gasteiger partial charge in [-0.3, -0.25) is 14.5 Å². The molecule has 1 aromatic carbocycles. The Hall–Kier alpha value is -2.23. The highest BCUT2D eigenvalue weighted by molar-refractivity contribution is 8.14. The fourth-order valence-corrected chi connectivity index (χ4v) is 4.44. The van der Waals surface area contributed by atoms with Crippen molar-refractivity contribution in [2.45, 2.75) is 50.8 Å². The predicted molar refractivity (Wildman–Crippen MR) is 113 cm³/mol. The minimum atomic E-state index is -2.02. The predicted octanol–water partition coefficient (Wildman–Crippen LogP) is 2.04. The van der Waals surface area contributed by atoms with E-state index in [0.717, 1.165) is 10.5 Å². The van der Waals surface area contributed by atoms with E-state index in [0.29, 0.717) is 17.7 Å². The zero-order chi connectivity index (χ0) is 22.4. The third kappa shape index (κ3) is 5.47. The number of β-lactam (4-membered cyclic amide) rings is 1. The molecule has 1 aliphatic heterocycles. The molecule has 1 aromatic rings. The Morgan fingerprint density at radius 3 is 2.50 bits per heavy atom. The molecule has 0 bridgehead atoms. The van der Waals surface area contributed by atoms with Crippen molar-refractivity contribution in [3.63, 3.8) is 0 Å². The van der Waals surface area contributed by atoms with E-state index in [2.05, 4.69) is 11.9 Å². The SMILES string of the molecule is C=C(C)C(C(=O)OCc1ccc(OC)cc1)N1C(=O)C(NC(=O)CCC)C1[S+]([O-])Cl. The first-order valence-corrected chi connectivity index (χ1v) is 11.4. The van der Waals surface area contributed by atoms with E-state index in [1.54, 1.807) is 38.3 Å². The van der Waals surface area contributed by atoms with Crippen LogP contribution in [-0.2, 0) is 36.1 Å². The van der Waals surface area contributed by atoms with Gasteiger partial charge in [-0.2, -0.15) is 0 Å². The number of esters is 1. The molecule has 0 radical (unpaired) electrons. The van der Waals surface area contributed by atoms with Gasteiger partial charge in [0, 0.05) is 6.42 Å². The quantitative estimate of drug-likeness (QED) is 0.250. The second kappa shape index (κ2) is 10.7. The van der Waals surface area contributed by atoms with Crippen LogP contribution in [0.4, 0.5) is 0 Å². The minimum absolute atomic E-state index is 0.0278. The molecule has 10 heteroatoms. The Balaban J connectivity index is 2.11. The molecular weight excluding hydrogens is 432 g/mol. The van der Waals surface area contributed by atoms with Gasteiger partial charge < -0.3 is 19.3 Å². The van der Waals surface area contributed by atoms with Crippen LogP contribution in [0.1, 0.15) is 32.3 Å². The molecule has 30 heavy (non-hydrogen) atoms. The van der Waals surface area contributed by atoms with Crippen molar-refractivity contribution in [2.75, 3.05) is 7.11 Å². The van der Waals surface area contributed by atoms with Crippen molar-refractivity contribution in [1.82, 2.24) is 10.2 Å². The number of carbonyl (C=O) groups excluding carboxylic acids is 3. The number of amides is 2. The fourth-order valence-electron chi connectivity index (χ4n) is 3.07. The molecule has 1 fully saturated rings. The fraction of sp³-hybridized carbons (Fsp3) is 0.450. The molecule has 0 spiro atoms. The van der Waals surface area contributed by atoms with Crippen molar-refractivity contribution in [3.8, 4) is 5.75 Å². The van der Waals surface area contributed by atoms with Crippen LogP contribution in [0.15, 0.2) is 36.4 Å². The Kier molecular flexibility index (Phi) is 8.57. The van der Waals surface area contributed by atoms with Crippen molar-refractivity contribution in [3.05, 3.63) is 42.0 Å². The lowest BCUT2D eigenvalue weighted by Crippen LogP contribution is -2.75. The number of hydrogen-bond donors (Lipinski definition) is 1. The van der Waals surface area contributed by atoms with Crippen molar-refractivity contribution in [1.29, 1.82) is 0 Å². The largest absolute Gasteiger partial charge is 0.597 e. The number of halogens is 1. The first kappa shape index (κ1) is 24.0. The number of hydrogen-bond acceptors (Lipinski definition) is 6. The van der Waals surface area contributed by atoms with E-state index in [9.17, 15) is 18.9 Å². The van der Waals surface area contributed by atoms with Gasteiger partial charge in [0.05, 0.1) is 17.5 Å². The Morgan fingerprint density at radius 2 is 2.00 bits per heavy atom. The molecule has 1 saturated heterocycles. The first-order valence-electron chi connectivity index (χ1n) is 9.34. The highest BCUT2D eigenvalue weighted by Gasteiger charge is 2.60. The molecule has 1 N–H and O–H groups in total. The summed E-state index contributed by atoms with van der Waals surface area (Å²) in [6, 6.07) is 4.73. The normalized spacial score (nSPS) is 20.0. The minimum Gasteiger partial charge on any atom is -0.597 e. The zero-order valence-electron chi connectivity index (χ0n) is 17.1. The average molecular weight is 457 g/mol. The molecule has 2 rings (SSSR count). The highest BCUT2D eigenvalue weighted by atomic mass is 35.7. The Labute approximate surface area is 183 Å². The summed E-state index contributed by atoms with van der Waals surface area (Å²) in [5.41, 5.74) is 1.05. The summed E-state index contributed by atoms with van der Waals surface area (Å²) in [6.07, 6.45) is 0.816. The van der Waals surface area contributed by atoms with E-state index >= 15 is 0 Å². The summed E-state index contributed by atoms with van der Waals surface area (Å²) in [6.45, 7) is 7.11. The van der Waals surface area contributed by atoms with Gasteiger partial charge in [0.25, 0.3) is 5.91 Å². The first-order chi connectivity index (χ1) is 14.2. The van der Waals surface area contributed by atoms with Crippen molar-refractivity contribution >= 4 is 38.9 Å².